The van der Waals surface area contributed by atoms with Gasteiger partial charge < -0.3 is 9.84 Å². The van der Waals surface area contributed by atoms with Gasteiger partial charge in [0, 0.05) is 22.5 Å². The molecular formula is C29H21ClN2O4. The van der Waals surface area contributed by atoms with Crippen molar-refractivity contribution in [2.45, 2.75) is 12.6 Å². The Morgan fingerprint density at radius 2 is 1.58 bits per heavy atom. The van der Waals surface area contributed by atoms with Gasteiger partial charge in [0.25, 0.3) is 11.7 Å². The van der Waals surface area contributed by atoms with E-state index >= 15 is 0 Å². The van der Waals surface area contributed by atoms with Crippen LogP contribution in [0.15, 0.2) is 109 Å². The first-order valence-corrected chi connectivity index (χ1v) is 11.7. The third-order valence-electron chi connectivity index (χ3n) is 5.89. The van der Waals surface area contributed by atoms with Crippen molar-refractivity contribution in [3.63, 3.8) is 0 Å². The van der Waals surface area contributed by atoms with Crippen molar-refractivity contribution in [3.05, 3.63) is 131 Å². The van der Waals surface area contributed by atoms with Crippen molar-refractivity contribution in [3.8, 4) is 5.75 Å². The van der Waals surface area contributed by atoms with Crippen LogP contribution in [0, 0.1) is 0 Å². The zero-order valence-corrected chi connectivity index (χ0v) is 19.8. The molecule has 1 N–H and O–H groups in total. The number of amides is 1. The Bertz CT molecular complexity index is 1420. The smallest absolute Gasteiger partial charge is 0.300 e. The molecule has 0 bridgehead atoms. The fraction of sp³-hybridized carbons (Fsp3) is 0.0690. The molecule has 1 saturated heterocycles. The molecule has 0 aliphatic carbocycles. The zero-order valence-electron chi connectivity index (χ0n) is 19.0. The summed E-state index contributed by atoms with van der Waals surface area (Å²) in [6.07, 6.45) is 1.58. The average Bonchev–Trinajstić information content (AvgIpc) is 3.19. The molecule has 178 valence electrons. The maximum Gasteiger partial charge on any atom is 0.300 e. The van der Waals surface area contributed by atoms with Crippen molar-refractivity contribution in [2.75, 3.05) is 4.90 Å². The molecule has 4 aromatic rings. The second-order valence-electron chi connectivity index (χ2n) is 8.20. The Kier molecular flexibility index (Phi) is 6.52. The number of pyridine rings is 1. The molecule has 1 unspecified atom stereocenters. The van der Waals surface area contributed by atoms with E-state index < -0.39 is 17.7 Å². The van der Waals surface area contributed by atoms with Gasteiger partial charge in [0.05, 0.1) is 11.3 Å². The number of aliphatic hydroxyl groups excluding tert-OH is 1. The molecule has 7 heteroatoms. The lowest BCUT2D eigenvalue weighted by atomic mass is 9.98. The summed E-state index contributed by atoms with van der Waals surface area (Å²) in [5, 5.41) is 11.6. The normalized spacial score (nSPS) is 16.8. The van der Waals surface area contributed by atoms with E-state index in [1.54, 1.807) is 72.9 Å². The van der Waals surface area contributed by atoms with Gasteiger partial charge in [0.15, 0.2) is 0 Å². The maximum atomic E-state index is 13.2. The Morgan fingerprint density at radius 1 is 0.889 bits per heavy atom. The lowest BCUT2D eigenvalue weighted by molar-refractivity contribution is -0.132. The van der Waals surface area contributed by atoms with Crippen LogP contribution in [-0.4, -0.2) is 21.8 Å². The number of nitrogens with zero attached hydrogens (tertiary/aromatic N) is 2. The van der Waals surface area contributed by atoms with Gasteiger partial charge >= 0.3 is 0 Å². The topological polar surface area (TPSA) is 79.7 Å². The Morgan fingerprint density at radius 3 is 2.25 bits per heavy atom. The maximum absolute atomic E-state index is 13.2. The molecule has 1 atom stereocenters. The van der Waals surface area contributed by atoms with Gasteiger partial charge in [-0.1, -0.05) is 48.0 Å². The molecule has 1 aliphatic heterocycles. The summed E-state index contributed by atoms with van der Waals surface area (Å²) in [4.78, 5) is 32.2. The highest BCUT2D eigenvalue weighted by Crippen LogP contribution is 2.41. The highest BCUT2D eigenvalue weighted by Gasteiger charge is 2.47. The molecule has 36 heavy (non-hydrogen) atoms. The van der Waals surface area contributed by atoms with Crippen molar-refractivity contribution in [1.29, 1.82) is 0 Å². The molecule has 5 rings (SSSR count). The minimum absolute atomic E-state index is 0.0366. The number of carbonyl (C=O) groups excluding carboxylic acids is 2. The second kappa shape index (κ2) is 10.1. The molecule has 0 spiro atoms. The number of ether oxygens (including phenoxy) is 1. The van der Waals surface area contributed by atoms with Gasteiger partial charge in [-0.05, 0) is 66.2 Å². The van der Waals surface area contributed by atoms with E-state index in [-0.39, 0.29) is 11.3 Å². The fourth-order valence-corrected chi connectivity index (χ4v) is 4.25. The van der Waals surface area contributed by atoms with E-state index in [1.807, 2.05) is 30.3 Å². The number of ketones is 1. The van der Waals surface area contributed by atoms with E-state index in [1.165, 1.54) is 4.90 Å². The summed E-state index contributed by atoms with van der Waals surface area (Å²) < 4.78 is 5.85. The summed E-state index contributed by atoms with van der Waals surface area (Å²) in [5.41, 5.74) is 2.31. The first-order chi connectivity index (χ1) is 17.5. The number of halogens is 1. The number of Topliss-reactive ketones (excluding diaryl/α,β-unsaturated/α-hetero) is 1. The minimum Gasteiger partial charge on any atom is -0.507 e. The quantitative estimate of drug-likeness (QED) is 0.203. The van der Waals surface area contributed by atoms with E-state index in [4.69, 9.17) is 16.3 Å². The lowest BCUT2D eigenvalue weighted by Gasteiger charge is -2.24. The predicted octanol–water partition coefficient (Wildman–Crippen LogP) is 5.94. The van der Waals surface area contributed by atoms with Crippen LogP contribution < -0.4 is 9.64 Å². The van der Waals surface area contributed by atoms with Gasteiger partial charge in [-0.15, -0.1) is 0 Å². The van der Waals surface area contributed by atoms with Crippen LogP contribution in [-0.2, 0) is 16.2 Å². The largest absolute Gasteiger partial charge is 0.507 e. The van der Waals surface area contributed by atoms with Crippen molar-refractivity contribution in [2.24, 2.45) is 0 Å². The SMILES string of the molecule is O=C1C(=O)N(c2ccc(OCc3ccccc3)cc2)C(c2ccccn2)/C1=C(/O)c1ccc(Cl)cc1. The number of hydrogen-bond donors (Lipinski definition) is 1. The van der Waals surface area contributed by atoms with Crippen molar-refractivity contribution in [1.82, 2.24) is 4.98 Å². The van der Waals surface area contributed by atoms with Crippen LogP contribution >= 0.6 is 11.6 Å². The summed E-state index contributed by atoms with van der Waals surface area (Å²) in [6, 6.07) is 27.4. The number of benzene rings is 3. The molecular weight excluding hydrogens is 476 g/mol. The fourth-order valence-electron chi connectivity index (χ4n) is 4.12. The van der Waals surface area contributed by atoms with Crippen LogP contribution in [0.25, 0.3) is 5.76 Å². The van der Waals surface area contributed by atoms with Gasteiger partial charge in [0.2, 0.25) is 0 Å². The highest BCUT2D eigenvalue weighted by atomic mass is 35.5. The lowest BCUT2D eigenvalue weighted by Crippen LogP contribution is -2.29. The number of rotatable bonds is 6. The van der Waals surface area contributed by atoms with Crippen LogP contribution in [0.4, 0.5) is 5.69 Å². The Hall–Kier alpha value is -4.42. The minimum atomic E-state index is -0.905. The van der Waals surface area contributed by atoms with Gasteiger partial charge in [-0.2, -0.15) is 0 Å². The van der Waals surface area contributed by atoms with E-state index in [9.17, 15) is 14.7 Å². The first-order valence-electron chi connectivity index (χ1n) is 11.3. The molecule has 6 nitrogen and oxygen atoms in total. The average molecular weight is 497 g/mol. The predicted molar refractivity (Wildman–Crippen MR) is 138 cm³/mol. The number of aromatic nitrogens is 1. The first kappa shape index (κ1) is 23.3. The van der Waals surface area contributed by atoms with Gasteiger partial charge in [-0.3, -0.25) is 19.5 Å². The number of carbonyl (C=O) groups is 2. The van der Waals surface area contributed by atoms with Crippen molar-refractivity contribution < 1.29 is 19.4 Å². The third kappa shape index (κ3) is 4.59. The monoisotopic (exact) mass is 496 g/mol. The number of hydrogen-bond acceptors (Lipinski definition) is 5. The van der Waals surface area contributed by atoms with Crippen LogP contribution in [0.3, 0.4) is 0 Å². The summed E-state index contributed by atoms with van der Waals surface area (Å²) in [7, 11) is 0. The Labute approximate surface area is 213 Å². The molecule has 1 amide bonds. The molecule has 0 saturated carbocycles. The van der Waals surface area contributed by atoms with Crippen LogP contribution in [0.2, 0.25) is 5.02 Å². The highest BCUT2D eigenvalue weighted by molar-refractivity contribution is 6.51. The zero-order chi connectivity index (χ0) is 25.1. The molecule has 1 aliphatic rings. The molecule has 2 heterocycles. The molecule has 1 aromatic heterocycles. The molecule has 3 aromatic carbocycles. The van der Waals surface area contributed by atoms with Crippen molar-refractivity contribution >= 4 is 34.7 Å². The van der Waals surface area contributed by atoms with E-state index in [0.29, 0.717) is 34.3 Å². The summed E-state index contributed by atoms with van der Waals surface area (Å²) in [5.74, 6) is -1.21. The third-order valence-corrected chi connectivity index (χ3v) is 6.15. The number of aliphatic hydroxyl groups is 1. The van der Waals surface area contributed by atoms with Crippen LogP contribution in [0.1, 0.15) is 22.9 Å². The molecule has 1 fully saturated rings. The van der Waals surface area contributed by atoms with Crippen LogP contribution in [0.5, 0.6) is 5.75 Å². The summed E-state index contributed by atoms with van der Waals surface area (Å²) >= 11 is 5.98. The van der Waals surface area contributed by atoms with Gasteiger partial charge in [0.1, 0.15) is 24.2 Å². The standard InChI is InChI=1S/C29H21ClN2O4/c30-21-11-9-20(10-12-21)27(33)25-26(24-8-4-5-17-31-24)32(29(35)28(25)34)22-13-15-23(16-14-22)36-18-19-6-2-1-3-7-19/h1-17,26,33H,18H2/b27-25-. The van der Waals surface area contributed by atoms with E-state index in [2.05, 4.69) is 4.98 Å². The summed E-state index contributed by atoms with van der Waals surface area (Å²) in [6.45, 7) is 0.403. The van der Waals surface area contributed by atoms with E-state index in [0.717, 1.165) is 5.56 Å². The molecule has 0 radical (unpaired) electrons. The second-order valence-corrected chi connectivity index (χ2v) is 8.64. The number of anilines is 1. The van der Waals surface area contributed by atoms with Gasteiger partial charge in [-0.25, -0.2) is 0 Å². The Balaban J connectivity index is 1.51.